The van der Waals surface area contributed by atoms with Crippen LogP contribution in [0.1, 0.15) is 9.67 Å². The molecule has 2 aromatic rings. The van der Waals surface area contributed by atoms with Crippen molar-refractivity contribution in [3.8, 4) is 0 Å². The molecule has 20 heavy (non-hydrogen) atoms. The summed E-state index contributed by atoms with van der Waals surface area (Å²) in [6.07, 6.45) is 1.19. The van der Waals surface area contributed by atoms with E-state index in [0.717, 1.165) is 9.10 Å². The molecule has 0 fully saturated rings. The summed E-state index contributed by atoms with van der Waals surface area (Å²) in [6, 6.07) is 3.60. The predicted molar refractivity (Wildman–Crippen MR) is 82.9 cm³/mol. The van der Waals surface area contributed by atoms with Gasteiger partial charge in [-0.3, -0.25) is 4.79 Å². The first-order valence-corrected chi connectivity index (χ1v) is 8.07. The molecule has 0 spiro atoms. The third kappa shape index (κ3) is 3.50. The minimum atomic E-state index is -0.415. The lowest BCUT2D eigenvalue weighted by Crippen LogP contribution is -2.07. The SMILES string of the molecule is C=CC(=O)Nc1cc(C(=O)OC)sc1Sc1ccsc1. The summed E-state index contributed by atoms with van der Waals surface area (Å²) in [4.78, 5) is 24.5. The lowest BCUT2D eigenvalue weighted by Gasteiger charge is -2.02. The van der Waals surface area contributed by atoms with Crippen molar-refractivity contribution in [3.63, 3.8) is 0 Å². The van der Waals surface area contributed by atoms with Crippen molar-refractivity contribution in [1.82, 2.24) is 0 Å². The van der Waals surface area contributed by atoms with Crippen LogP contribution in [-0.2, 0) is 9.53 Å². The van der Waals surface area contributed by atoms with Crippen LogP contribution in [0.4, 0.5) is 5.69 Å². The molecule has 1 N–H and O–H groups in total. The molecular weight excluding hydrogens is 314 g/mol. The zero-order valence-corrected chi connectivity index (χ0v) is 13.0. The molecular formula is C13H11NO3S3. The monoisotopic (exact) mass is 325 g/mol. The lowest BCUT2D eigenvalue weighted by molar-refractivity contribution is -0.111. The summed E-state index contributed by atoms with van der Waals surface area (Å²) in [6.45, 7) is 3.41. The standard InChI is InChI=1S/C13H11NO3S3/c1-3-11(15)14-9-6-10(12(16)17-2)20-13(9)19-8-4-5-18-7-8/h3-7H,1H2,2H3,(H,14,15). The molecule has 0 atom stereocenters. The minimum absolute atomic E-state index is 0.314. The van der Waals surface area contributed by atoms with Crippen LogP contribution < -0.4 is 5.32 Å². The Balaban J connectivity index is 2.31. The van der Waals surface area contributed by atoms with Crippen molar-refractivity contribution in [2.45, 2.75) is 9.10 Å². The van der Waals surface area contributed by atoms with Crippen molar-refractivity contribution >= 4 is 52.0 Å². The van der Waals surface area contributed by atoms with Crippen molar-refractivity contribution in [1.29, 1.82) is 0 Å². The largest absolute Gasteiger partial charge is 0.465 e. The van der Waals surface area contributed by atoms with Gasteiger partial charge in [0.05, 0.1) is 17.0 Å². The van der Waals surface area contributed by atoms with Crippen molar-refractivity contribution in [2.24, 2.45) is 0 Å². The van der Waals surface area contributed by atoms with E-state index in [1.54, 1.807) is 17.4 Å². The molecule has 2 aromatic heterocycles. The number of hydrogen-bond donors (Lipinski definition) is 1. The van der Waals surface area contributed by atoms with E-state index >= 15 is 0 Å². The zero-order chi connectivity index (χ0) is 14.5. The fourth-order valence-corrected chi connectivity index (χ4v) is 4.36. The molecule has 0 aliphatic rings. The van der Waals surface area contributed by atoms with Gasteiger partial charge in [0, 0.05) is 10.3 Å². The molecule has 1 amide bonds. The molecule has 4 nitrogen and oxygen atoms in total. The first-order chi connectivity index (χ1) is 9.63. The maximum Gasteiger partial charge on any atom is 0.348 e. The van der Waals surface area contributed by atoms with E-state index in [9.17, 15) is 9.59 Å². The molecule has 104 valence electrons. The van der Waals surface area contributed by atoms with Crippen LogP contribution in [-0.4, -0.2) is 19.0 Å². The molecule has 0 aliphatic carbocycles. The fraction of sp³-hybridized carbons (Fsp3) is 0.0769. The van der Waals surface area contributed by atoms with E-state index in [-0.39, 0.29) is 5.91 Å². The average Bonchev–Trinajstić information content (AvgIpc) is 3.09. The molecule has 0 bridgehead atoms. The Labute approximate surface area is 128 Å². The Morgan fingerprint density at radius 2 is 2.30 bits per heavy atom. The zero-order valence-electron chi connectivity index (χ0n) is 10.5. The fourth-order valence-electron chi connectivity index (χ4n) is 1.34. The minimum Gasteiger partial charge on any atom is -0.465 e. The number of rotatable bonds is 5. The van der Waals surface area contributed by atoms with Gasteiger partial charge in [-0.25, -0.2) is 4.79 Å². The van der Waals surface area contributed by atoms with Gasteiger partial charge in [-0.2, -0.15) is 11.3 Å². The Bertz CT molecular complexity index is 631. The molecule has 7 heteroatoms. The Morgan fingerprint density at radius 1 is 1.50 bits per heavy atom. The third-order valence-corrected chi connectivity index (χ3v) is 5.37. The van der Waals surface area contributed by atoms with Gasteiger partial charge in [-0.1, -0.05) is 18.3 Å². The van der Waals surface area contributed by atoms with Crippen LogP contribution in [0.15, 0.2) is 44.7 Å². The maximum absolute atomic E-state index is 11.6. The van der Waals surface area contributed by atoms with Gasteiger partial charge in [-0.15, -0.1) is 11.3 Å². The quantitative estimate of drug-likeness (QED) is 0.670. The highest BCUT2D eigenvalue weighted by molar-refractivity contribution is 8.01. The number of esters is 1. The van der Waals surface area contributed by atoms with E-state index in [1.807, 2.05) is 16.8 Å². The summed E-state index contributed by atoms with van der Waals surface area (Å²) >= 11 is 4.37. The van der Waals surface area contributed by atoms with Crippen LogP contribution in [0, 0.1) is 0 Å². The number of amides is 1. The van der Waals surface area contributed by atoms with Gasteiger partial charge in [0.1, 0.15) is 4.88 Å². The molecule has 0 aliphatic heterocycles. The second-order valence-corrected chi connectivity index (χ2v) is 6.73. The van der Waals surface area contributed by atoms with Gasteiger partial charge in [0.15, 0.2) is 0 Å². The molecule has 0 unspecified atom stereocenters. The van der Waals surface area contributed by atoms with Gasteiger partial charge >= 0.3 is 5.97 Å². The van der Waals surface area contributed by atoms with E-state index < -0.39 is 5.97 Å². The smallest absolute Gasteiger partial charge is 0.348 e. The molecule has 0 saturated carbocycles. The predicted octanol–water partition coefficient (Wildman–Crippen LogP) is 3.87. The number of ether oxygens (including phenoxy) is 1. The number of thiophene rings is 2. The highest BCUT2D eigenvalue weighted by Crippen LogP contribution is 2.41. The van der Waals surface area contributed by atoms with Crippen LogP contribution >= 0.6 is 34.4 Å². The number of methoxy groups -OCH3 is 1. The summed E-state index contributed by atoms with van der Waals surface area (Å²) in [5.41, 5.74) is 0.594. The molecule has 2 rings (SSSR count). The normalized spacial score (nSPS) is 10.1. The Morgan fingerprint density at radius 3 is 2.90 bits per heavy atom. The topological polar surface area (TPSA) is 55.4 Å². The van der Waals surface area contributed by atoms with Gasteiger partial charge < -0.3 is 10.1 Å². The second-order valence-electron chi connectivity index (χ2n) is 3.56. The maximum atomic E-state index is 11.6. The van der Waals surface area contributed by atoms with Crippen LogP contribution in [0.5, 0.6) is 0 Å². The van der Waals surface area contributed by atoms with Crippen LogP contribution in [0.2, 0.25) is 0 Å². The van der Waals surface area contributed by atoms with Gasteiger partial charge in [0.25, 0.3) is 0 Å². The Hall–Kier alpha value is -1.57. The molecule has 0 saturated heterocycles. The second kappa shape index (κ2) is 6.74. The van der Waals surface area contributed by atoms with Crippen LogP contribution in [0.3, 0.4) is 0 Å². The van der Waals surface area contributed by atoms with Crippen molar-refractivity contribution in [3.05, 3.63) is 40.4 Å². The Kier molecular flexibility index (Phi) is 4.99. The lowest BCUT2D eigenvalue weighted by atomic mass is 10.4. The first-order valence-electron chi connectivity index (χ1n) is 5.49. The number of hydrogen-bond acceptors (Lipinski definition) is 6. The highest BCUT2D eigenvalue weighted by Gasteiger charge is 2.17. The number of nitrogens with one attached hydrogen (secondary N) is 1. The summed E-state index contributed by atoms with van der Waals surface area (Å²) in [5, 5.41) is 6.67. The number of carbonyl (C=O) groups excluding carboxylic acids is 2. The average molecular weight is 325 g/mol. The van der Waals surface area contributed by atoms with E-state index in [4.69, 9.17) is 4.74 Å². The van der Waals surface area contributed by atoms with E-state index in [0.29, 0.717) is 10.6 Å². The molecule has 2 heterocycles. The third-order valence-electron chi connectivity index (χ3n) is 2.23. The first kappa shape index (κ1) is 14.8. The highest BCUT2D eigenvalue weighted by atomic mass is 32.2. The number of anilines is 1. The molecule has 0 radical (unpaired) electrons. The van der Waals surface area contributed by atoms with Crippen molar-refractivity contribution in [2.75, 3.05) is 12.4 Å². The number of carbonyl (C=O) groups is 2. The van der Waals surface area contributed by atoms with Crippen molar-refractivity contribution < 1.29 is 14.3 Å². The van der Waals surface area contributed by atoms with E-state index in [1.165, 1.54) is 36.3 Å². The van der Waals surface area contributed by atoms with Gasteiger partial charge in [-0.05, 0) is 23.6 Å². The summed E-state index contributed by atoms with van der Waals surface area (Å²) < 4.78 is 5.53. The van der Waals surface area contributed by atoms with Crippen LogP contribution in [0.25, 0.3) is 0 Å². The summed E-state index contributed by atoms with van der Waals surface area (Å²) in [5.74, 6) is -0.729. The molecule has 0 aromatic carbocycles. The van der Waals surface area contributed by atoms with E-state index in [2.05, 4.69) is 11.9 Å². The summed E-state index contributed by atoms with van der Waals surface area (Å²) in [7, 11) is 1.33. The van der Waals surface area contributed by atoms with Gasteiger partial charge in [0.2, 0.25) is 5.91 Å².